The highest BCUT2D eigenvalue weighted by atomic mass is 79.9. The van der Waals surface area contributed by atoms with Crippen molar-refractivity contribution in [1.82, 2.24) is 0 Å². The van der Waals surface area contributed by atoms with Crippen molar-refractivity contribution in [2.75, 3.05) is 0 Å². The zero-order valence-corrected chi connectivity index (χ0v) is 9.04. The van der Waals surface area contributed by atoms with Gasteiger partial charge in [0.05, 0.1) is 0 Å². The van der Waals surface area contributed by atoms with Gasteiger partial charge in [0.2, 0.25) is 0 Å². The Balaban J connectivity index is 2.86. The molecule has 13 heavy (non-hydrogen) atoms. The predicted molar refractivity (Wildman–Crippen MR) is 58.6 cm³/mol. The van der Waals surface area contributed by atoms with Gasteiger partial charge in [0.1, 0.15) is 6.29 Å². The molecule has 1 nitrogen and oxygen atoms in total. The van der Waals surface area contributed by atoms with E-state index in [-0.39, 0.29) is 0 Å². The fraction of sp³-hybridized carbons (Fsp3) is 0.182. The predicted octanol–water partition coefficient (Wildman–Crippen LogP) is 3.36. The second kappa shape index (κ2) is 4.97. The summed E-state index contributed by atoms with van der Waals surface area (Å²) in [6, 6.07) is 6.09. The molecular formula is C11H11BrO. The van der Waals surface area contributed by atoms with E-state index in [4.69, 9.17) is 0 Å². The summed E-state index contributed by atoms with van der Waals surface area (Å²) in [6.07, 6.45) is 5.20. The number of carbonyl (C=O) groups is 1. The van der Waals surface area contributed by atoms with Crippen LogP contribution >= 0.6 is 15.9 Å². The minimum Gasteiger partial charge on any atom is -0.303 e. The first-order valence-corrected chi connectivity index (χ1v) is 4.89. The molecule has 68 valence electrons. The molecule has 0 fully saturated rings. The molecule has 0 aliphatic carbocycles. The quantitative estimate of drug-likeness (QED) is 0.739. The van der Waals surface area contributed by atoms with Gasteiger partial charge >= 0.3 is 0 Å². The van der Waals surface area contributed by atoms with Crippen molar-refractivity contribution >= 4 is 28.3 Å². The van der Waals surface area contributed by atoms with Crippen LogP contribution in [0.4, 0.5) is 0 Å². The third kappa shape index (κ3) is 3.15. The van der Waals surface area contributed by atoms with E-state index in [0.717, 1.165) is 16.3 Å². The molecule has 0 spiro atoms. The molecular weight excluding hydrogens is 228 g/mol. The number of halogens is 1. The number of rotatable bonds is 3. The molecule has 0 aromatic heterocycles. The number of hydrogen-bond donors (Lipinski definition) is 0. The Morgan fingerprint density at radius 1 is 1.46 bits per heavy atom. The third-order valence-electron chi connectivity index (χ3n) is 1.77. The van der Waals surface area contributed by atoms with E-state index < -0.39 is 0 Å². The molecule has 0 aliphatic rings. The largest absolute Gasteiger partial charge is 0.303 e. The summed E-state index contributed by atoms with van der Waals surface area (Å²) in [5.74, 6) is 0. The van der Waals surface area contributed by atoms with Gasteiger partial charge in [-0.1, -0.05) is 34.1 Å². The van der Waals surface area contributed by atoms with Crippen molar-refractivity contribution in [2.24, 2.45) is 0 Å². The van der Waals surface area contributed by atoms with Crippen molar-refractivity contribution in [3.8, 4) is 0 Å². The van der Waals surface area contributed by atoms with E-state index in [1.165, 1.54) is 5.56 Å². The summed E-state index contributed by atoms with van der Waals surface area (Å²) in [5, 5.41) is 0. The zero-order valence-electron chi connectivity index (χ0n) is 7.46. The summed E-state index contributed by atoms with van der Waals surface area (Å²) in [7, 11) is 0. The van der Waals surface area contributed by atoms with Crippen LogP contribution in [0, 0.1) is 6.92 Å². The minimum atomic E-state index is 0.478. The highest BCUT2D eigenvalue weighted by Crippen LogP contribution is 2.17. The molecule has 2 heteroatoms. The molecule has 1 aromatic rings. The summed E-state index contributed by atoms with van der Waals surface area (Å²) >= 11 is 3.40. The fourth-order valence-corrected chi connectivity index (χ4v) is 1.42. The number of aldehydes is 1. The van der Waals surface area contributed by atoms with Crippen LogP contribution in [0.5, 0.6) is 0 Å². The van der Waals surface area contributed by atoms with E-state index in [2.05, 4.69) is 15.9 Å². The smallest absolute Gasteiger partial charge is 0.123 e. The van der Waals surface area contributed by atoms with Gasteiger partial charge in [-0.25, -0.2) is 0 Å². The van der Waals surface area contributed by atoms with E-state index in [9.17, 15) is 4.79 Å². The molecule has 0 atom stereocenters. The summed E-state index contributed by atoms with van der Waals surface area (Å²) in [6.45, 7) is 2.05. The topological polar surface area (TPSA) is 17.1 Å². The SMILES string of the molecule is Cc1ccc(Br)cc1C=CCC=O. The lowest BCUT2D eigenvalue weighted by molar-refractivity contribution is -0.107. The molecule has 0 aliphatic heterocycles. The Kier molecular flexibility index (Phi) is 3.90. The van der Waals surface area contributed by atoms with Crippen molar-refractivity contribution < 1.29 is 4.79 Å². The van der Waals surface area contributed by atoms with Crippen LogP contribution in [0.15, 0.2) is 28.7 Å². The standard InChI is InChI=1S/C11H11BrO/c1-9-5-6-11(12)8-10(9)4-2-3-7-13/h2,4-8H,3H2,1H3. The van der Waals surface area contributed by atoms with Crippen LogP contribution in [-0.2, 0) is 4.79 Å². The first kappa shape index (κ1) is 10.2. The van der Waals surface area contributed by atoms with Crippen molar-refractivity contribution in [1.29, 1.82) is 0 Å². The third-order valence-corrected chi connectivity index (χ3v) is 2.26. The molecule has 0 bridgehead atoms. The number of allylic oxidation sites excluding steroid dienone is 1. The Bertz CT molecular complexity index is 329. The van der Waals surface area contributed by atoms with Crippen molar-refractivity contribution in [3.05, 3.63) is 39.9 Å². The van der Waals surface area contributed by atoms with Gasteiger partial charge in [-0.3, -0.25) is 0 Å². The van der Waals surface area contributed by atoms with E-state index in [1.54, 1.807) is 0 Å². The Morgan fingerprint density at radius 3 is 2.92 bits per heavy atom. The van der Waals surface area contributed by atoms with E-state index in [1.807, 2.05) is 37.3 Å². The zero-order chi connectivity index (χ0) is 9.68. The summed E-state index contributed by atoms with van der Waals surface area (Å²) in [4.78, 5) is 10.1. The number of benzene rings is 1. The normalized spacial score (nSPS) is 10.6. The molecule has 1 rings (SSSR count). The molecule has 0 N–H and O–H groups in total. The van der Waals surface area contributed by atoms with E-state index in [0.29, 0.717) is 6.42 Å². The van der Waals surface area contributed by atoms with Gasteiger partial charge in [-0.15, -0.1) is 0 Å². The average molecular weight is 239 g/mol. The molecule has 0 heterocycles. The number of carbonyl (C=O) groups excluding carboxylic acids is 1. The maximum absolute atomic E-state index is 10.1. The highest BCUT2D eigenvalue weighted by Gasteiger charge is 1.93. The second-order valence-electron chi connectivity index (χ2n) is 2.81. The molecule has 0 unspecified atom stereocenters. The van der Waals surface area contributed by atoms with Crippen LogP contribution in [0.3, 0.4) is 0 Å². The van der Waals surface area contributed by atoms with Crippen molar-refractivity contribution in [3.63, 3.8) is 0 Å². The Labute approximate surface area is 86.6 Å². The van der Waals surface area contributed by atoms with Gasteiger partial charge in [-0.2, -0.15) is 0 Å². The van der Waals surface area contributed by atoms with Gasteiger partial charge < -0.3 is 4.79 Å². The fourth-order valence-electron chi connectivity index (χ4n) is 1.04. The van der Waals surface area contributed by atoms with Crippen LogP contribution in [0.2, 0.25) is 0 Å². The summed E-state index contributed by atoms with van der Waals surface area (Å²) in [5.41, 5.74) is 2.36. The van der Waals surface area contributed by atoms with Gasteiger partial charge in [0.15, 0.2) is 0 Å². The van der Waals surface area contributed by atoms with Crippen LogP contribution in [-0.4, -0.2) is 6.29 Å². The van der Waals surface area contributed by atoms with Crippen LogP contribution in [0.1, 0.15) is 17.5 Å². The molecule has 0 saturated heterocycles. The lowest BCUT2D eigenvalue weighted by atomic mass is 10.1. The molecule has 0 saturated carbocycles. The van der Waals surface area contributed by atoms with Crippen LogP contribution < -0.4 is 0 Å². The number of aryl methyl sites for hydroxylation is 1. The molecule has 0 amide bonds. The van der Waals surface area contributed by atoms with Gasteiger partial charge in [-0.05, 0) is 30.2 Å². The monoisotopic (exact) mass is 238 g/mol. The maximum atomic E-state index is 10.1. The lowest BCUT2D eigenvalue weighted by Gasteiger charge is -1.99. The van der Waals surface area contributed by atoms with Crippen molar-refractivity contribution in [2.45, 2.75) is 13.3 Å². The van der Waals surface area contributed by atoms with Gasteiger partial charge in [0.25, 0.3) is 0 Å². The maximum Gasteiger partial charge on any atom is 0.123 e. The average Bonchev–Trinajstić information content (AvgIpc) is 2.11. The molecule has 1 aromatic carbocycles. The Morgan fingerprint density at radius 2 is 2.23 bits per heavy atom. The van der Waals surface area contributed by atoms with Crippen LogP contribution in [0.25, 0.3) is 6.08 Å². The first-order valence-electron chi connectivity index (χ1n) is 4.10. The number of hydrogen-bond acceptors (Lipinski definition) is 1. The molecule has 0 radical (unpaired) electrons. The summed E-state index contributed by atoms with van der Waals surface area (Å²) < 4.78 is 1.06. The second-order valence-corrected chi connectivity index (χ2v) is 3.72. The van der Waals surface area contributed by atoms with E-state index >= 15 is 0 Å². The minimum absolute atomic E-state index is 0.478. The Hall–Kier alpha value is -0.890. The highest BCUT2D eigenvalue weighted by molar-refractivity contribution is 9.10. The van der Waals surface area contributed by atoms with Gasteiger partial charge in [0, 0.05) is 10.9 Å². The first-order chi connectivity index (χ1) is 6.24. The lowest BCUT2D eigenvalue weighted by Crippen LogP contribution is -1.79.